The van der Waals surface area contributed by atoms with Crippen molar-refractivity contribution in [3.8, 4) is 0 Å². The number of nitrogens with two attached hydrogens (primary N) is 1. The second-order valence-corrected chi connectivity index (χ2v) is 7.30. The van der Waals surface area contributed by atoms with E-state index in [2.05, 4.69) is 22.3 Å². The molecule has 0 aromatic heterocycles. The number of carbonyl (C=O) groups excluding carboxylic acids is 1. The molecule has 0 fully saturated rings. The van der Waals surface area contributed by atoms with E-state index in [4.69, 9.17) is 11.1 Å². The topological polar surface area (TPSA) is 82.2 Å². The molecule has 3 aromatic rings. The van der Waals surface area contributed by atoms with E-state index in [1.165, 1.54) is 23.7 Å². The Labute approximate surface area is 176 Å². The van der Waals surface area contributed by atoms with Gasteiger partial charge in [0.25, 0.3) is 5.91 Å². The molecule has 3 aromatic carbocycles. The highest BCUT2D eigenvalue weighted by Crippen LogP contribution is 2.31. The zero-order valence-electron chi connectivity index (χ0n) is 16.6. The van der Waals surface area contributed by atoms with Gasteiger partial charge in [0.05, 0.1) is 0 Å². The molecule has 4 N–H and O–H groups in total. The summed E-state index contributed by atoms with van der Waals surface area (Å²) in [5, 5.41) is 10.4. The molecule has 150 valence electrons. The second kappa shape index (κ2) is 8.66. The Morgan fingerprint density at radius 3 is 2.47 bits per heavy atom. The van der Waals surface area contributed by atoms with E-state index < -0.39 is 0 Å². The summed E-state index contributed by atoms with van der Waals surface area (Å²) in [5.41, 5.74) is 12.4. The van der Waals surface area contributed by atoms with Crippen LogP contribution in [-0.2, 0) is 13.0 Å². The first-order chi connectivity index (χ1) is 14.7. The van der Waals surface area contributed by atoms with Crippen molar-refractivity contribution in [3.63, 3.8) is 0 Å². The van der Waals surface area contributed by atoms with Crippen LogP contribution in [0.15, 0.2) is 79.0 Å². The molecule has 0 atom stereocenters. The Morgan fingerprint density at radius 1 is 1.03 bits per heavy atom. The number of benzene rings is 3. The fourth-order valence-electron chi connectivity index (χ4n) is 3.75. The molecule has 1 amide bonds. The summed E-state index contributed by atoms with van der Waals surface area (Å²) in [5.74, 6) is -0.109. The molecule has 0 aliphatic carbocycles. The minimum absolute atomic E-state index is 0.109. The fraction of sp³-hybridized carbons (Fsp3) is 0.120. The average Bonchev–Trinajstić information content (AvgIpc) is 3.18. The lowest BCUT2D eigenvalue weighted by molar-refractivity contribution is 0.102. The maximum atomic E-state index is 12.4. The largest absolute Gasteiger partial charge is 0.404 e. The lowest BCUT2D eigenvalue weighted by atomic mass is 10.0. The summed E-state index contributed by atoms with van der Waals surface area (Å²) < 4.78 is 0. The molecule has 0 saturated heterocycles. The maximum absolute atomic E-state index is 12.4. The van der Waals surface area contributed by atoms with Crippen LogP contribution in [0.3, 0.4) is 0 Å². The van der Waals surface area contributed by atoms with Crippen LogP contribution in [0.4, 0.5) is 11.4 Å². The zero-order valence-corrected chi connectivity index (χ0v) is 16.6. The van der Waals surface area contributed by atoms with Crippen molar-refractivity contribution >= 4 is 29.1 Å². The molecule has 1 aliphatic heterocycles. The van der Waals surface area contributed by atoms with E-state index >= 15 is 0 Å². The molecule has 0 bridgehead atoms. The maximum Gasteiger partial charge on any atom is 0.255 e. The number of hydrogen-bond donors (Lipinski definition) is 3. The Morgan fingerprint density at radius 2 is 1.77 bits per heavy atom. The molecule has 1 aliphatic rings. The zero-order chi connectivity index (χ0) is 20.9. The van der Waals surface area contributed by atoms with Gasteiger partial charge >= 0.3 is 0 Å². The quantitative estimate of drug-likeness (QED) is 0.538. The smallest absolute Gasteiger partial charge is 0.255 e. The van der Waals surface area contributed by atoms with E-state index in [1.54, 1.807) is 0 Å². The Bertz CT molecular complexity index is 1090. The Kier molecular flexibility index (Phi) is 5.61. The van der Waals surface area contributed by atoms with E-state index in [1.807, 2.05) is 60.7 Å². The molecule has 4 rings (SSSR count). The minimum Gasteiger partial charge on any atom is -0.404 e. The number of allylic oxidation sites excluding steroid dienone is 1. The summed E-state index contributed by atoms with van der Waals surface area (Å²) >= 11 is 0. The molecule has 5 heteroatoms. The van der Waals surface area contributed by atoms with Gasteiger partial charge < -0.3 is 21.4 Å². The summed E-state index contributed by atoms with van der Waals surface area (Å²) in [6.45, 7) is 1.73. The average molecular weight is 396 g/mol. The van der Waals surface area contributed by atoms with Gasteiger partial charge in [-0.3, -0.25) is 4.79 Å². The van der Waals surface area contributed by atoms with Gasteiger partial charge in [-0.25, -0.2) is 0 Å². The lowest BCUT2D eigenvalue weighted by Gasteiger charge is -2.20. The van der Waals surface area contributed by atoms with Crippen molar-refractivity contribution in [3.05, 3.63) is 101 Å². The normalized spacial score (nSPS) is 13.1. The number of carbonyl (C=O) groups is 1. The van der Waals surface area contributed by atoms with Gasteiger partial charge in [-0.1, -0.05) is 36.4 Å². The Balaban J connectivity index is 1.44. The van der Waals surface area contributed by atoms with E-state index in [9.17, 15) is 4.79 Å². The predicted molar refractivity (Wildman–Crippen MR) is 123 cm³/mol. The Hall–Kier alpha value is -3.86. The number of nitrogens with zero attached hydrogens (tertiary/aromatic N) is 1. The van der Waals surface area contributed by atoms with E-state index in [0.29, 0.717) is 5.56 Å². The highest BCUT2D eigenvalue weighted by molar-refractivity contribution is 6.08. The van der Waals surface area contributed by atoms with E-state index in [0.717, 1.165) is 41.9 Å². The monoisotopic (exact) mass is 396 g/mol. The molecule has 0 radical (unpaired) electrons. The predicted octanol–water partition coefficient (Wildman–Crippen LogP) is 4.45. The second-order valence-electron chi connectivity index (χ2n) is 7.30. The fourth-order valence-corrected chi connectivity index (χ4v) is 3.75. The number of para-hydroxylation sites is 1. The van der Waals surface area contributed by atoms with Crippen molar-refractivity contribution in [1.82, 2.24) is 0 Å². The van der Waals surface area contributed by atoms with Crippen molar-refractivity contribution in [2.75, 3.05) is 16.8 Å². The number of anilines is 2. The highest BCUT2D eigenvalue weighted by atomic mass is 16.1. The summed E-state index contributed by atoms with van der Waals surface area (Å²) in [6, 6.07) is 23.5. The number of hydrogen-bond acceptors (Lipinski definition) is 4. The van der Waals surface area contributed by atoms with Crippen LogP contribution < -0.4 is 16.0 Å². The van der Waals surface area contributed by atoms with Gasteiger partial charge in [-0.05, 0) is 59.5 Å². The first kappa shape index (κ1) is 19.5. The molecule has 0 unspecified atom stereocenters. The standard InChI is InChI=1S/C25H24N4O/c26-15-22(16-27)20-10-11-24-21(14-20)12-13-29(24)17-18-6-8-19(9-7-18)25(30)28-23-4-2-1-3-5-23/h1-11,14-16,26H,12-13,17,27H2,(H,28,30)/b22-16+,26-15?. The third-order valence-corrected chi connectivity index (χ3v) is 5.36. The summed E-state index contributed by atoms with van der Waals surface area (Å²) in [6.07, 6.45) is 3.72. The van der Waals surface area contributed by atoms with Crippen LogP contribution in [0.5, 0.6) is 0 Å². The van der Waals surface area contributed by atoms with Crippen molar-refractivity contribution in [1.29, 1.82) is 5.41 Å². The molecule has 0 spiro atoms. The van der Waals surface area contributed by atoms with Gasteiger partial charge in [-0.15, -0.1) is 0 Å². The van der Waals surface area contributed by atoms with Crippen LogP contribution >= 0.6 is 0 Å². The third kappa shape index (κ3) is 4.10. The van der Waals surface area contributed by atoms with Gasteiger partial charge in [0.1, 0.15) is 0 Å². The molecular weight excluding hydrogens is 372 g/mol. The molecule has 0 saturated carbocycles. The van der Waals surface area contributed by atoms with Crippen molar-refractivity contribution < 1.29 is 4.79 Å². The van der Waals surface area contributed by atoms with Gasteiger partial charge in [0, 0.05) is 48.0 Å². The van der Waals surface area contributed by atoms with Crippen molar-refractivity contribution in [2.45, 2.75) is 13.0 Å². The summed E-state index contributed by atoms with van der Waals surface area (Å²) in [4.78, 5) is 14.8. The molecule has 30 heavy (non-hydrogen) atoms. The number of nitrogens with one attached hydrogen (secondary N) is 2. The van der Waals surface area contributed by atoms with Crippen LogP contribution in [-0.4, -0.2) is 18.7 Å². The number of fused-ring (bicyclic) bond motifs is 1. The highest BCUT2D eigenvalue weighted by Gasteiger charge is 2.20. The van der Waals surface area contributed by atoms with Gasteiger partial charge in [0.2, 0.25) is 0 Å². The SMILES string of the molecule is N=C/C(=C\N)c1ccc2c(c1)CCN2Cc1ccc(C(=O)Nc2ccccc2)cc1. The van der Waals surface area contributed by atoms with Crippen LogP contribution in [0.2, 0.25) is 0 Å². The van der Waals surface area contributed by atoms with Gasteiger partial charge in [0.15, 0.2) is 0 Å². The van der Waals surface area contributed by atoms with Crippen LogP contribution in [0, 0.1) is 5.41 Å². The van der Waals surface area contributed by atoms with E-state index in [-0.39, 0.29) is 5.91 Å². The molecule has 5 nitrogen and oxygen atoms in total. The first-order valence-corrected chi connectivity index (χ1v) is 9.94. The third-order valence-electron chi connectivity index (χ3n) is 5.36. The lowest BCUT2D eigenvalue weighted by Crippen LogP contribution is -2.19. The minimum atomic E-state index is -0.109. The molecular formula is C25H24N4O. The van der Waals surface area contributed by atoms with Crippen LogP contribution in [0.25, 0.3) is 5.57 Å². The van der Waals surface area contributed by atoms with Crippen molar-refractivity contribution in [2.24, 2.45) is 5.73 Å². The van der Waals surface area contributed by atoms with Crippen LogP contribution in [0.1, 0.15) is 27.0 Å². The number of rotatable bonds is 6. The summed E-state index contributed by atoms with van der Waals surface area (Å²) in [7, 11) is 0. The first-order valence-electron chi connectivity index (χ1n) is 9.94. The number of amides is 1. The molecule has 1 heterocycles. The van der Waals surface area contributed by atoms with Gasteiger partial charge in [-0.2, -0.15) is 0 Å².